The van der Waals surface area contributed by atoms with E-state index in [2.05, 4.69) is 41.5 Å². The fourth-order valence-electron chi connectivity index (χ4n) is 2.40. The van der Waals surface area contributed by atoms with Crippen LogP contribution in [-0.4, -0.2) is 0 Å². The highest BCUT2D eigenvalue weighted by Gasteiger charge is 2.21. The Hall–Kier alpha value is -0.260. The molecule has 0 heterocycles. The van der Waals surface area contributed by atoms with Gasteiger partial charge in [0.1, 0.15) is 0 Å². The molecule has 0 heteroatoms. The third-order valence-corrected chi connectivity index (χ3v) is 4.94. The molecular formula is C17H32. The second-order valence-corrected chi connectivity index (χ2v) is 7.10. The fraction of sp³-hybridized carbons (Fsp3) is 0.882. The first-order chi connectivity index (χ1) is 7.85. The van der Waals surface area contributed by atoms with Crippen LogP contribution in [0.15, 0.2) is 11.1 Å². The quantitative estimate of drug-likeness (QED) is 0.477. The third kappa shape index (κ3) is 5.27. The van der Waals surface area contributed by atoms with Crippen molar-refractivity contribution in [3.05, 3.63) is 11.1 Å². The number of allylic oxidation sites excluding steroid dienone is 2. The summed E-state index contributed by atoms with van der Waals surface area (Å²) >= 11 is 0. The van der Waals surface area contributed by atoms with Crippen molar-refractivity contribution in [1.82, 2.24) is 0 Å². The molecule has 2 unspecified atom stereocenters. The van der Waals surface area contributed by atoms with Crippen LogP contribution in [0.4, 0.5) is 0 Å². The van der Waals surface area contributed by atoms with Crippen LogP contribution >= 0.6 is 0 Å². The largest absolute Gasteiger partial charge is 0.0738 e. The molecule has 1 saturated carbocycles. The standard InChI is InChI=1S/C17H32/c1-7-17(5,6)11-10-13(2)14(3)12-15(4)16-8-9-16/h13-14H,7-12H2,1-6H3. The molecule has 0 spiro atoms. The molecule has 1 fully saturated rings. The summed E-state index contributed by atoms with van der Waals surface area (Å²) in [6.45, 7) is 14.4. The van der Waals surface area contributed by atoms with Gasteiger partial charge in [-0.15, -0.1) is 0 Å². The second-order valence-electron chi connectivity index (χ2n) is 7.10. The first-order valence-corrected chi connectivity index (χ1v) is 7.53. The van der Waals surface area contributed by atoms with Gasteiger partial charge in [0.25, 0.3) is 0 Å². The van der Waals surface area contributed by atoms with Gasteiger partial charge in [0, 0.05) is 0 Å². The van der Waals surface area contributed by atoms with Gasteiger partial charge in [-0.2, -0.15) is 0 Å². The van der Waals surface area contributed by atoms with Crippen LogP contribution in [0.25, 0.3) is 0 Å². The van der Waals surface area contributed by atoms with Crippen molar-refractivity contribution in [2.24, 2.45) is 17.3 Å². The van der Waals surface area contributed by atoms with Gasteiger partial charge < -0.3 is 0 Å². The summed E-state index contributed by atoms with van der Waals surface area (Å²) < 4.78 is 0. The van der Waals surface area contributed by atoms with Gasteiger partial charge in [-0.25, -0.2) is 0 Å². The Kier molecular flexibility index (Phi) is 5.28. The SMILES string of the molecule is CCC(C)(C)CCC(C)C(C)CC(C)=C1CC1. The first kappa shape index (κ1) is 14.8. The fourth-order valence-corrected chi connectivity index (χ4v) is 2.40. The molecule has 100 valence electrons. The molecule has 1 rings (SSSR count). The van der Waals surface area contributed by atoms with Gasteiger partial charge >= 0.3 is 0 Å². The maximum absolute atomic E-state index is 2.45. The predicted molar refractivity (Wildman–Crippen MR) is 78.2 cm³/mol. The van der Waals surface area contributed by atoms with Crippen LogP contribution in [0, 0.1) is 17.3 Å². The van der Waals surface area contributed by atoms with E-state index < -0.39 is 0 Å². The Bertz CT molecular complexity index is 264. The van der Waals surface area contributed by atoms with Crippen molar-refractivity contribution < 1.29 is 0 Å². The zero-order chi connectivity index (χ0) is 13.1. The van der Waals surface area contributed by atoms with E-state index in [0.29, 0.717) is 5.41 Å². The molecule has 0 nitrogen and oxygen atoms in total. The predicted octanol–water partition coefficient (Wildman–Crippen LogP) is 5.98. The van der Waals surface area contributed by atoms with Gasteiger partial charge in [0.2, 0.25) is 0 Å². The summed E-state index contributed by atoms with van der Waals surface area (Å²) in [6, 6.07) is 0. The van der Waals surface area contributed by atoms with Gasteiger partial charge in [0.15, 0.2) is 0 Å². The molecule has 0 amide bonds. The van der Waals surface area contributed by atoms with E-state index in [-0.39, 0.29) is 0 Å². The summed E-state index contributed by atoms with van der Waals surface area (Å²) in [7, 11) is 0. The minimum atomic E-state index is 0.540. The molecule has 0 N–H and O–H groups in total. The third-order valence-electron chi connectivity index (χ3n) is 4.94. The zero-order valence-electron chi connectivity index (χ0n) is 12.9. The lowest BCUT2D eigenvalue weighted by molar-refractivity contribution is 0.257. The van der Waals surface area contributed by atoms with E-state index in [9.17, 15) is 0 Å². The Labute approximate surface area is 109 Å². The van der Waals surface area contributed by atoms with E-state index in [1.807, 2.05) is 0 Å². The highest BCUT2D eigenvalue weighted by atomic mass is 14.3. The molecule has 2 atom stereocenters. The van der Waals surface area contributed by atoms with E-state index >= 15 is 0 Å². The lowest BCUT2D eigenvalue weighted by atomic mass is 9.79. The van der Waals surface area contributed by atoms with E-state index in [4.69, 9.17) is 0 Å². The van der Waals surface area contributed by atoms with Gasteiger partial charge in [-0.05, 0) is 56.3 Å². The van der Waals surface area contributed by atoms with E-state index in [1.165, 1.54) is 38.5 Å². The van der Waals surface area contributed by atoms with Gasteiger partial charge in [0.05, 0.1) is 0 Å². The summed E-state index contributed by atoms with van der Waals surface area (Å²) in [6.07, 6.45) is 8.18. The highest BCUT2D eigenvalue weighted by molar-refractivity contribution is 5.23. The van der Waals surface area contributed by atoms with Crippen molar-refractivity contribution in [2.75, 3.05) is 0 Å². The molecular weight excluding hydrogens is 204 g/mol. The molecule has 0 aromatic rings. The Morgan fingerprint density at radius 2 is 1.76 bits per heavy atom. The van der Waals surface area contributed by atoms with Crippen molar-refractivity contribution >= 4 is 0 Å². The number of hydrogen-bond acceptors (Lipinski definition) is 0. The molecule has 0 aromatic heterocycles. The van der Waals surface area contributed by atoms with E-state index in [1.54, 1.807) is 11.1 Å². The lowest BCUT2D eigenvalue weighted by Crippen LogP contribution is -2.15. The number of rotatable bonds is 7. The molecule has 0 aliphatic heterocycles. The van der Waals surface area contributed by atoms with Crippen LogP contribution in [-0.2, 0) is 0 Å². The molecule has 17 heavy (non-hydrogen) atoms. The van der Waals surface area contributed by atoms with Crippen LogP contribution < -0.4 is 0 Å². The molecule has 0 saturated heterocycles. The average molecular weight is 236 g/mol. The normalized spacial score (nSPS) is 19.1. The highest BCUT2D eigenvalue weighted by Crippen LogP contribution is 2.36. The van der Waals surface area contributed by atoms with Crippen LogP contribution in [0.2, 0.25) is 0 Å². The van der Waals surface area contributed by atoms with Crippen molar-refractivity contribution in [1.29, 1.82) is 0 Å². The molecule has 0 aromatic carbocycles. The molecule has 0 bridgehead atoms. The van der Waals surface area contributed by atoms with Gasteiger partial charge in [-0.3, -0.25) is 0 Å². The monoisotopic (exact) mass is 236 g/mol. The minimum absolute atomic E-state index is 0.540. The van der Waals surface area contributed by atoms with Crippen LogP contribution in [0.1, 0.15) is 80.1 Å². The minimum Gasteiger partial charge on any atom is -0.0738 e. The Morgan fingerprint density at radius 1 is 1.18 bits per heavy atom. The zero-order valence-corrected chi connectivity index (χ0v) is 12.9. The van der Waals surface area contributed by atoms with Crippen LogP contribution in [0.5, 0.6) is 0 Å². The first-order valence-electron chi connectivity index (χ1n) is 7.53. The summed E-state index contributed by atoms with van der Waals surface area (Å²) in [5.74, 6) is 1.73. The summed E-state index contributed by atoms with van der Waals surface area (Å²) in [5.41, 5.74) is 3.98. The summed E-state index contributed by atoms with van der Waals surface area (Å²) in [4.78, 5) is 0. The average Bonchev–Trinajstić information content (AvgIpc) is 3.09. The molecule has 1 aliphatic rings. The number of hydrogen-bond donors (Lipinski definition) is 0. The smallest absolute Gasteiger partial charge is 0.0280 e. The van der Waals surface area contributed by atoms with Crippen molar-refractivity contribution in [3.63, 3.8) is 0 Å². The van der Waals surface area contributed by atoms with Crippen LogP contribution in [0.3, 0.4) is 0 Å². The van der Waals surface area contributed by atoms with E-state index in [0.717, 1.165) is 11.8 Å². The second kappa shape index (κ2) is 6.07. The summed E-state index contributed by atoms with van der Waals surface area (Å²) in [5, 5.41) is 0. The van der Waals surface area contributed by atoms with Gasteiger partial charge in [-0.1, -0.05) is 52.2 Å². The Morgan fingerprint density at radius 3 is 2.24 bits per heavy atom. The lowest BCUT2D eigenvalue weighted by Gasteiger charge is -2.27. The van der Waals surface area contributed by atoms with Crippen molar-refractivity contribution in [3.8, 4) is 0 Å². The molecule has 1 aliphatic carbocycles. The molecule has 0 radical (unpaired) electrons. The maximum Gasteiger partial charge on any atom is -0.0280 e. The Balaban J connectivity index is 2.31. The van der Waals surface area contributed by atoms with Crippen molar-refractivity contribution in [2.45, 2.75) is 80.1 Å². The maximum atomic E-state index is 2.45. The topological polar surface area (TPSA) is 0 Å².